The van der Waals surface area contributed by atoms with E-state index in [1.54, 1.807) is 6.20 Å². The van der Waals surface area contributed by atoms with Crippen molar-refractivity contribution in [2.45, 2.75) is 27.4 Å². The van der Waals surface area contributed by atoms with Gasteiger partial charge in [0.05, 0.1) is 0 Å². The second-order valence-electron chi connectivity index (χ2n) is 5.27. The van der Waals surface area contributed by atoms with Crippen LogP contribution in [0.25, 0.3) is 11.5 Å². The van der Waals surface area contributed by atoms with Gasteiger partial charge in [-0.15, -0.1) is 0 Å². The van der Waals surface area contributed by atoms with Crippen molar-refractivity contribution in [3.05, 3.63) is 57.5 Å². The van der Waals surface area contributed by atoms with E-state index in [2.05, 4.69) is 38.0 Å². The van der Waals surface area contributed by atoms with E-state index in [1.807, 2.05) is 38.1 Å². The van der Waals surface area contributed by atoms with Gasteiger partial charge >= 0.3 is 0 Å². The van der Waals surface area contributed by atoms with Crippen LogP contribution in [0, 0.1) is 20.8 Å². The van der Waals surface area contributed by atoms with Gasteiger partial charge in [0.2, 0.25) is 5.82 Å². The molecule has 2 heterocycles. The maximum absolute atomic E-state index is 5.85. The van der Waals surface area contributed by atoms with Gasteiger partial charge < -0.3 is 9.26 Å². The van der Waals surface area contributed by atoms with E-state index in [9.17, 15) is 0 Å². The van der Waals surface area contributed by atoms with E-state index in [0.29, 0.717) is 17.4 Å². The first-order chi connectivity index (χ1) is 11.1. The normalized spacial score (nSPS) is 10.8. The summed E-state index contributed by atoms with van der Waals surface area (Å²) in [6.07, 6.45) is 1.69. The van der Waals surface area contributed by atoms with Crippen LogP contribution in [0.1, 0.15) is 22.6 Å². The van der Waals surface area contributed by atoms with Crippen LogP contribution in [0.15, 0.2) is 39.5 Å². The van der Waals surface area contributed by atoms with Crippen molar-refractivity contribution in [2.24, 2.45) is 0 Å². The first-order valence-corrected chi connectivity index (χ1v) is 7.98. The smallest absolute Gasteiger partial charge is 0.264 e. The molecule has 0 aliphatic rings. The molecule has 0 saturated carbocycles. The van der Waals surface area contributed by atoms with Crippen molar-refractivity contribution in [1.82, 2.24) is 15.1 Å². The number of ether oxygens (including phenoxy) is 1. The zero-order valence-corrected chi connectivity index (χ0v) is 14.7. The Labute approximate surface area is 142 Å². The molecule has 118 valence electrons. The Kier molecular flexibility index (Phi) is 4.43. The molecule has 0 amide bonds. The zero-order chi connectivity index (χ0) is 16.4. The number of rotatable bonds is 4. The molecule has 3 rings (SSSR count). The van der Waals surface area contributed by atoms with Crippen molar-refractivity contribution in [2.75, 3.05) is 0 Å². The van der Waals surface area contributed by atoms with Crippen molar-refractivity contribution >= 4 is 15.9 Å². The number of halogens is 1. The molecule has 0 aliphatic heterocycles. The number of aromatic nitrogens is 3. The topological polar surface area (TPSA) is 61.0 Å². The van der Waals surface area contributed by atoms with Crippen molar-refractivity contribution in [1.29, 1.82) is 0 Å². The van der Waals surface area contributed by atoms with Gasteiger partial charge in [0, 0.05) is 10.7 Å². The monoisotopic (exact) mass is 373 g/mol. The standard InChI is InChI=1S/C17H16BrN3O2/c1-10-8-14(11(2)12(3)16(10)18)22-9-15-20-17(21-23-15)13-6-4-5-7-19-13/h4-8H,9H2,1-3H3. The number of hydrogen-bond acceptors (Lipinski definition) is 5. The van der Waals surface area contributed by atoms with Crippen molar-refractivity contribution in [3.63, 3.8) is 0 Å². The number of pyridine rings is 1. The molecule has 0 aliphatic carbocycles. The molecule has 0 radical (unpaired) electrons. The van der Waals surface area contributed by atoms with Gasteiger partial charge in [0.15, 0.2) is 6.61 Å². The van der Waals surface area contributed by atoms with Crippen LogP contribution in [-0.2, 0) is 6.61 Å². The molecule has 0 bridgehead atoms. The van der Waals surface area contributed by atoms with E-state index in [-0.39, 0.29) is 6.61 Å². The van der Waals surface area contributed by atoms with Crippen LogP contribution in [-0.4, -0.2) is 15.1 Å². The van der Waals surface area contributed by atoms with Gasteiger partial charge in [-0.1, -0.05) is 27.2 Å². The highest BCUT2D eigenvalue weighted by atomic mass is 79.9. The molecular weight excluding hydrogens is 358 g/mol. The summed E-state index contributed by atoms with van der Waals surface area (Å²) in [5.74, 6) is 1.70. The summed E-state index contributed by atoms with van der Waals surface area (Å²) >= 11 is 3.59. The fraction of sp³-hybridized carbons (Fsp3) is 0.235. The van der Waals surface area contributed by atoms with E-state index in [0.717, 1.165) is 21.3 Å². The highest BCUT2D eigenvalue weighted by molar-refractivity contribution is 9.10. The average molecular weight is 374 g/mol. The molecule has 6 heteroatoms. The maximum Gasteiger partial charge on any atom is 0.264 e. The largest absolute Gasteiger partial charge is 0.483 e. The second kappa shape index (κ2) is 6.50. The molecule has 3 aromatic rings. The SMILES string of the molecule is Cc1cc(OCc2nc(-c3ccccn3)no2)c(C)c(C)c1Br. The summed E-state index contributed by atoms with van der Waals surface area (Å²) in [4.78, 5) is 8.51. The van der Waals surface area contributed by atoms with E-state index in [4.69, 9.17) is 9.26 Å². The minimum atomic E-state index is 0.223. The Morgan fingerprint density at radius 1 is 1.17 bits per heavy atom. The van der Waals surface area contributed by atoms with Gasteiger partial charge in [0.25, 0.3) is 5.89 Å². The summed E-state index contributed by atoms with van der Waals surface area (Å²) in [6.45, 7) is 6.35. The minimum Gasteiger partial charge on any atom is -0.483 e. The number of hydrogen-bond donors (Lipinski definition) is 0. The fourth-order valence-corrected chi connectivity index (χ4v) is 2.63. The summed E-state index contributed by atoms with van der Waals surface area (Å²) in [6, 6.07) is 7.56. The summed E-state index contributed by atoms with van der Waals surface area (Å²) in [5.41, 5.74) is 4.06. The Morgan fingerprint density at radius 3 is 2.74 bits per heavy atom. The first kappa shape index (κ1) is 15.7. The molecule has 0 N–H and O–H groups in total. The van der Waals surface area contributed by atoms with Crippen molar-refractivity contribution < 1.29 is 9.26 Å². The lowest BCUT2D eigenvalue weighted by Crippen LogP contribution is -2.00. The van der Waals surface area contributed by atoms with Gasteiger partial charge in [-0.2, -0.15) is 4.98 Å². The highest BCUT2D eigenvalue weighted by Crippen LogP contribution is 2.31. The molecule has 2 aromatic heterocycles. The Balaban J connectivity index is 1.76. The van der Waals surface area contributed by atoms with Gasteiger partial charge in [-0.05, 0) is 55.7 Å². The van der Waals surface area contributed by atoms with E-state index >= 15 is 0 Å². The zero-order valence-electron chi connectivity index (χ0n) is 13.1. The minimum absolute atomic E-state index is 0.223. The Bertz CT molecular complexity index is 831. The van der Waals surface area contributed by atoms with Crippen LogP contribution >= 0.6 is 15.9 Å². The Hall–Kier alpha value is -2.21. The number of aryl methyl sites for hydroxylation is 1. The van der Waals surface area contributed by atoms with E-state index in [1.165, 1.54) is 5.56 Å². The summed E-state index contributed by atoms with van der Waals surface area (Å²) in [5, 5.41) is 3.93. The quantitative estimate of drug-likeness (QED) is 0.678. The molecule has 5 nitrogen and oxygen atoms in total. The molecule has 0 unspecified atom stereocenters. The van der Waals surface area contributed by atoms with Gasteiger partial charge in [-0.3, -0.25) is 4.98 Å². The van der Waals surface area contributed by atoms with Crippen LogP contribution in [0.5, 0.6) is 5.75 Å². The van der Waals surface area contributed by atoms with Crippen LogP contribution < -0.4 is 4.74 Å². The molecule has 0 spiro atoms. The number of nitrogens with zero attached hydrogens (tertiary/aromatic N) is 3. The fourth-order valence-electron chi connectivity index (χ4n) is 2.22. The summed E-state index contributed by atoms with van der Waals surface area (Å²) < 4.78 is 12.2. The third-order valence-corrected chi connectivity index (χ3v) is 4.89. The number of benzene rings is 1. The predicted molar refractivity (Wildman–Crippen MR) is 90.2 cm³/mol. The average Bonchev–Trinajstić information content (AvgIpc) is 3.05. The third-order valence-electron chi connectivity index (χ3n) is 3.67. The lowest BCUT2D eigenvalue weighted by Gasteiger charge is -2.13. The maximum atomic E-state index is 5.85. The predicted octanol–water partition coefficient (Wildman–Crippen LogP) is 4.40. The summed E-state index contributed by atoms with van der Waals surface area (Å²) in [7, 11) is 0. The third kappa shape index (κ3) is 3.27. The first-order valence-electron chi connectivity index (χ1n) is 7.19. The lowest BCUT2D eigenvalue weighted by atomic mass is 10.1. The molecule has 0 saturated heterocycles. The molecule has 0 fully saturated rings. The molecule has 1 aromatic carbocycles. The van der Waals surface area contributed by atoms with E-state index < -0.39 is 0 Å². The molecular formula is C17H16BrN3O2. The molecule has 0 atom stereocenters. The van der Waals surface area contributed by atoms with Gasteiger partial charge in [-0.25, -0.2) is 0 Å². The van der Waals surface area contributed by atoms with Crippen LogP contribution in [0.2, 0.25) is 0 Å². The van der Waals surface area contributed by atoms with Gasteiger partial charge in [0.1, 0.15) is 11.4 Å². The lowest BCUT2D eigenvalue weighted by molar-refractivity contribution is 0.241. The Morgan fingerprint density at radius 2 is 2.00 bits per heavy atom. The van der Waals surface area contributed by atoms with Crippen LogP contribution in [0.3, 0.4) is 0 Å². The highest BCUT2D eigenvalue weighted by Gasteiger charge is 2.13. The van der Waals surface area contributed by atoms with Crippen molar-refractivity contribution in [3.8, 4) is 17.3 Å². The second-order valence-corrected chi connectivity index (χ2v) is 6.06. The van der Waals surface area contributed by atoms with Crippen LogP contribution in [0.4, 0.5) is 0 Å². The molecule has 23 heavy (non-hydrogen) atoms.